The van der Waals surface area contributed by atoms with Gasteiger partial charge in [-0.3, -0.25) is 9.59 Å². The van der Waals surface area contributed by atoms with E-state index in [4.69, 9.17) is 4.74 Å². The number of ether oxygens (including phenoxy) is 1. The first-order valence-corrected chi connectivity index (χ1v) is 15.2. The Balaban J connectivity index is 2.49. The van der Waals surface area contributed by atoms with Crippen LogP contribution >= 0.6 is 0 Å². The Hall–Kier alpha value is -3.35. The highest BCUT2D eigenvalue weighted by Gasteiger charge is 2.36. The van der Waals surface area contributed by atoms with Gasteiger partial charge < -0.3 is 20.3 Å². The minimum absolute atomic E-state index is 0.208. The van der Waals surface area contributed by atoms with Crippen molar-refractivity contribution in [3.8, 4) is 0 Å². The third-order valence-corrected chi connectivity index (χ3v) is 6.84. The molecule has 2 aromatic rings. The number of alkyl carbamates (subject to hydrolysis) is 1. The largest absolute Gasteiger partial charge is 0.444 e. The summed E-state index contributed by atoms with van der Waals surface area (Å²) in [5, 5.41) is 5.89. The summed E-state index contributed by atoms with van der Waals surface area (Å²) in [5.41, 5.74) is 2.02. The van der Waals surface area contributed by atoms with Crippen LogP contribution in [-0.2, 0) is 20.7 Å². The predicted molar refractivity (Wildman–Crippen MR) is 166 cm³/mol. The molecule has 2 unspecified atom stereocenters. The number of amides is 3. The molecule has 0 aromatic heterocycles. The van der Waals surface area contributed by atoms with E-state index in [0.717, 1.165) is 61.6 Å². The summed E-state index contributed by atoms with van der Waals surface area (Å²) in [7, 11) is 0. The molecule has 7 heteroatoms. The van der Waals surface area contributed by atoms with Crippen LogP contribution in [0.4, 0.5) is 4.79 Å². The molecule has 2 rings (SSSR count). The fourth-order valence-electron chi connectivity index (χ4n) is 4.66. The van der Waals surface area contributed by atoms with E-state index in [1.54, 1.807) is 25.7 Å². The Kier molecular flexibility index (Phi) is 14.4. The zero-order chi connectivity index (χ0) is 30.3. The van der Waals surface area contributed by atoms with Crippen molar-refractivity contribution in [1.82, 2.24) is 15.5 Å². The van der Waals surface area contributed by atoms with Crippen LogP contribution < -0.4 is 10.6 Å². The Morgan fingerprint density at radius 3 is 2.10 bits per heavy atom. The predicted octanol–water partition coefficient (Wildman–Crippen LogP) is 6.89. The van der Waals surface area contributed by atoms with E-state index in [9.17, 15) is 14.4 Å². The minimum Gasteiger partial charge on any atom is -0.444 e. The van der Waals surface area contributed by atoms with Gasteiger partial charge in [0.25, 0.3) is 0 Å². The molecule has 0 radical (unpaired) electrons. The number of benzene rings is 2. The summed E-state index contributed by atoms with van der Waals surface area (Å²) >= 11 is 0. The maximum atomic E-state index is 14.5. The molecule has 0 aliphatic heterocycles. The van der Waals surface area contributed by atoms with Crippen molar-refractivity contribution in [2.75, 3.05) is 13.1 Å². The zero-order valence-corrected chi connectivity index (χ0v) is 26.0. The molecule has 0 spiro atoms. The third-order valence-electron chi connectivity index (χ3n) is 6.84. The van der Waals surface area contributed by atoms with Crippen LogP contribution in [0.5, 0.6) is 0 Å². The first-order chi connectivity index (χ1) is 19.6. The van der Waals surface area contributed by atoms with Crippen molar-refractivity contribution in [1.29, 1.82) is 0 Å². The highest BCUT2D eigenvalue weighted by atomic mass is 16.6. The number of aryl methyl sites for hydroxylation is 1. The monoisotopic (exact) mass is 565 g/mol. The van der Waals surface area contributed by atoms with Gasteiger partial charge in [-0.25, -0.2) is 4.79 Å². The number of unbranched alkanes of at least 4 members (excludes halogenated alkanes) is 5. The molecule has 3 amide bonds. The number of carbonyl (C=O) groups excluding carboxylic acids is 3. The molecular weight excluding hydrogens is 514 g/mol. The van der Waals surface area contributed by atoms with E-state index < -0.39 is 23.8 Å². The molecule has 0 aliphatic carbocycles. The van der Waals surface area contributed by atoms with Crippen LogP contribution in [0.3, 0.4) is 0 Å². The maximum Gasteiger partial charge on any atom is 0.408 e. The summed E-state index contributed by atoms with van der Waals surface area (Å²) < 4.78 is 5.53. The summed E-state index contributed by atoms with van der Waals surface area (Å²) in [6.07, 6.45) is 6.47. The molecule has 226 valence electrons. The van der Waals surface area contributed by atoms with Crippen LogP contribution in [0.15, 0.2) is 54.6 Å². The first-order valence-electron chi connectivity index (χ1n) is 15.2. The number of rotatable bonds is 16. The van der Waals surface area contributed by atoms with Crippen molar-refractivity contribution in [2.45, 2.75) is 111 Å². The van der Waals surface area contributed by atoms with Gasteiger partial charge in [-0.1, -0.05) is 106 Å². The Bertz CT molecular complexity index is 1060. The molecule has 0 saturated heterocycles. The van der Waals surface area contributed by atoms with Crippen LogP contribution in [0.1, 0.15) is 102 Å². The topological polar surface area (TPSA) is 87.7 Å². The Morgan fingerprint density at radius 2 is 1.49 bits per heavy atom. The van der Waals surface area contributed by atoms with Gasteiger partial charge in [0.2, 0.25) is 11.8 Å². The number of hydrogen-bond acceptors (Lipinski definition) is 4. The summed E-state index contributed by atoms with van der Waals surface area (Å²) in [6, 6.07) is 15.6. The molecule has 2 aromatic carbocycles. The van der Waals surface area contributed by atoms with Gasteiger partial charge in [0.15, 0.2) is 0 Å². The first kappa shape index (κ1) is 33.9. The van der Waals surface area contributed by atoms with E-state index in [1.165, 1.54) is 0 Å². The summed E-state index contributed by atoms with van der Waals surface area (Å²) in [6.45, 7) is 12.6. The van der Waals surface area contributed by atoms with E-state index >= 15 is 0 Å². The zero-order valence-electron chi connectivity index (χ0n) is 26.0. The minimum atomic E-state index is -0.903. The molecule has 0 fully saturated rings. The smallest absolute Gasteiger partial charge is 0.408 e. The van der Waals surface area contributed by atoms with Gasteiger partial charge in [-0.05, 0) is 51.7 Å². The van der Waals surface area contributed by atoms with Gasteiger partial charge in [0, 0.05) is 19.5 Å². The average molecular weight is 566 g/mol. The third kappa shape index (κ3) is 12.4. The van der Waals surface area contributed by atoms with Gasteiger partial charge in [-0.15, -0.1) is 0 Å². The van der Waals surface area contributed by atoms with Crippen LogP contribution in [0.2, 0.25) is 0 Å². The van der Waals surface area contributed by atoms with E-state index in [-0.39, 0.29) is 18.2 Å². The van der Waals surface area contributed by atoms with Crippen molar-refractivity contribution in [3.05, 3.63) is 71.3 Å². The second-order valence-electron chi connectivity index (χ2n) is 11.8. The normalized spacial score (nSPS) is 12.7. The average Bonchev–Trinajstić information content (AvgIpc) is 2.92. The fraction of sp³-hybridized carbons (Fsp3) is 0.559. The van der Waals surface area contributed by atoms with E-state index in [0.29, 0.717) is 13.1 Å². The molecule has 0 saturated carbocycles. The summed E-state index contributed by atoms with van der Waals surface area (Å²) in [4.78, 5) is 42.8. The van der Waals surface area contributed by atoms with Gasteiger partial charge in [-0.2, -0.15) is 0 Å². The molecule has 0 bridgehead atoms. The standard InChI is InChI=1S/C34H51N3O4/c1-7-9-11-12-16-24-37(30(31(38)35-23-10-8-2)28-21-19-26(3)20-22-28)32(39)29(25-27-17-14-13-15-18-27)36-33(40)41-34(4,5)6/h13-15,17-22,29-30H,7-12,16,23-25H2,1-6H3,(H,35,38)(H,36,40). The number of nitrogens with zero attached hydrogens (tertiary/aromatic N) is 1. The molecule has 0 heterocycles. The van der Waals surface area contributed by atoms with Crippen molar-refractivity contribution < 1.29 is 19.1 Å². The van der Waals surface area contributed by atoms with E-state index in [1.807, 2.05) is 61.5 Å². The fourth-order valence-corrected chi connectivity index (χ4v) is 4.66. The van der Waals surface area contributed by atoms with Gasteiger partial charge >= 0.3 is 6.09 Å². The van der Waals surface area contributed by atoms with Gasteiger partial charge in [0.05, 0.1) is 0 Å². The highest BCUT2D eigenvalue weighted by molar-refractivity contribution is 5.92. The lowest BCUT2D eigenvalue weighted by atomic mass is 9.99. The van der Waals surface area contributed by atoms with E-state index in [2.05, 4.69) is 24.5 Å². The molecule has 2 atom stereocenters. The molecule has 0 aliphatic rings. The van der Waals surface area contributed by atoms with Crippen LogP contribution in [0, 0.1) is 6.92 Å². The number of carbonyl (C=O) groups is 3. The quantitative estimate of drug-likeness (QED) is 0.217. The SMILES string of the molecule is CCCCCCCN(C(=O)C(Cc1ccccc1)NC(=O)OC(C)(C)C)C(C(=O)NCCCC)c1ccc(C)cc1. The molecular formula is C34H51N3O4. The number of nitrogens with one attached hydrogen (secondary N) is 2. The Labute approximate surface area is 247 Å². The number of hydrogen-bond donors (Lipinski definition) is 2. The second kappa shape index (κ2) is 17.5. The highest BCUT2D eigenvalue weighted by Crippen LogP contribution is 2.25. The lowest BCUT2D eigenvalue weighted by Crippen LogP contribution is -2.54. The lowest BCUT2D eigenvalue weighted by molar-refractivity contribution is -0.142. The summed E-state index contributed by atoms with van der Waals surface area (Å²) in [5.74, 6) is -0.508. The maximum absolute atomic E-state index is 14.5. The second-order valence-corrected chi connectivity index (χ2v) is 11.8. The van der Waals surface area contributed by atoms with Crippen molar-refractivity contribution in [2.24, 2.45) is 0 Å². The van der Waals surface area contributed by atoms with Crippen LogP contribution in [0.25, 0.3) is 0 Å². The van der Waals surface area contributed by atoms with Crippen molar-refractivity contribution in [3.63, 3.8) is 0 Å². The molecule has 41 heavy (non-hydrogen) atoms. The lowest BCUT2D eigenvalue weighted by Gasteiger charge is -2.35. The Morgan fingerprint density at radius 1 is 0.854 bits per heavy atom. The molecule has 2 N–H and O–H groups in total. The van der Waals surface area contributed by atoms with Gasteiger partial charge in [0.1, 0.15) is 17.7 Å². The van der Waals surface area contributed by atoms with Crippen LogP contribution in [-0.4, -0.2) is 47.5 Å². The molecule has 7 nitrogen and oxygen atoms in total. The van der Waals surface area contributed by atoms with Crippen molar-refractivity contribution >= 4 is 17.9 Å².